The third-order valence-corrected chi connectivity index (χ3v) is 5.97. The summed E-state index contributed by atoms with van der Waals surface area (Å²) in [6, 6.07) is 14.3. The van der Waals surface area contributed by atoms with Crippen molar-refractivity contribution in [2.24, 2.45) is 0 Å². The Morgan fingerprint density at radius 1 is 1.00 bits per heavy atom. The van der Waals surface area contributed by atoms with Crippen LogP contribution in [-0.4, -0.2) is 4.98 Å². The topological polar surface area (TPSA) is 26.0 Å². The highest BCUT2D eigenvalue weighted by atomic mass is 32.1. The van der Waals surface area contributed by atoms with E-state index < -0.39 is 6.85 Å². The lowest BCUT2D eigenvalue weighted by Crippen LogP contribution is -2.13. The van der Waals surface area contributed by atoms with Gasteiger partial charge in [0.1, 0.15) is 11.2 Å². The number of pyridine rings is 1. The largest absolute Gasteiger partial charge is 0.455 e. The van der Waals surface area contributed by atoms with E-state index in [1.165, 1.54) is 10.9 Å². The van der Waals surface area contributed by atoms with Crippen LogP contribution in [0.25, 0.3) is 43.3 Å². The average Bonchev–Trinajstić information content (AvgIpc) is 3.30. The van der Waals surface area contributed by atoms with Gasteiger partial charge in [0, 0.05) is 36.7 Å². The first-order valence-corrected chi connectivity index (χ1v) is 9.85. The summed E-state index contributed by atoms with van der Waals surface area (Å²) >= 11 is 1.70. The zero-order chi connectivity index (χ0) is 21.3. The van der Waals surface area contributed by atoms with Crippen molar-refractivity contribution in [2.75, 3.05) is 0 Å². The SMILES string of the molecule is [2H]C([2H])([2H])c1cnc(-c2cccc3c2oc2c4ccsc4ccc32)cc1C(C)(C)C. The highest BCUT2D eigenvalue weighted by Crippen LogP contribution is 2.40. The zero-order valence-corrected chi connectivity index (χ0v) is 16.3. The van der Waals surface area contributed by atoms with Crippen LogP contribution in [0.5, 0.6) is 0 Å². The molecule has 0 fully saturated rings. The molecule has 0 atom stereocenters. The Labute approximate surface area is 166 Å². The van der Waals surface area contributed by atoms with Crippen molar-refractivity contribution in [3.8, 4) is 11.3 Å². The summed E-state index contributed by atoms with van der Waals surface area (Å²) in [7, 11) is 0. The van der Waals surface area contributed by atoms with E-state index in [2.05, 4.69) is 34.6 Å². The third kappa shape index (κ3) is 2.49. The molecule has 0 aliphatic heterocycles. The number of fused-ring (bicyclic) bond motifs is 5. The number of hydrogen-bond donors (Lipinski definition) is 0. The van der Waals surface area contributed by atoms with E-state index in [9.17, 15) is 0 Å². The molecule has 0 saturated carbocycles. The van der Waals surface area contributed by atoms with Gasteiger partial charge in [0.25, 0.3) is 0 Å². The van der Waals surface area contributed by atoms with Crippen LogP contribution in [0.3, 0.4) is 0 Å². The number of aryl methyl sites for hydroxylation is 1. The molecule has 5 rings (SSSR count). The van der Waals surface area contributed by atoms with Gasteiger partial charge in [-0.1, -0.05) is 32.9 Å². The fraction of sp³-hybridized carbons (Fsp3) is 0.208. The Hall–Kier alpha value is -2.65. The molecule has 2 aromatic carbocycles. The Morgan fingerprint density at radius 3 is 2.67 bits per heavy atom. The van der Waals surface area contributed by atoms with Crippen LogP contribution in [0, 0.1) is 6.85 Å². The first-order chi connectivity index (χ1) is 14.1. The van der Waals surface area contributed by atoms with Crippen LogP contribution < -0.4 is 0 Å². The van der Waals surface area contributed by atoms with E-state index >= 15 is 0 Å². The molecular formula is C24H21NOS. The van der Waals surface area contributed by atoms with Crippen molar-refractivity contribution < 1.29 is 8.53 Å². The maximum absolute atomic E-state index is 7.91. The Bertz CT molecular complexity index is 1420. The quantitative estimate of drug-likeness (QED) is 0.304. The summed E-state index contributed by atoms with van der Waals surface area (Å²) in [6.07, 6.45) is 1.50. The van der Waals surface area contributed by atoms with Gasteiger partial charge in [-0.05, 0) is 59.1 Å². The first-order valence-electron chi connectivity index (χ1n) is 10.5. The molecule has 3 heteroatoms. The Balaban J connectivity index is 1.80. The van der Waals surface area contributed by atoms with Gasteiger partial charge in [0.15, 0.2) is 0 Å². The number of para-hydroxylation sites is 1. The predicted octanol–water partition coefficient (Wildman–Crippen LogP) is 7.47. The minimum atomic E-state index is -2.20. The van der Waals surface area contributed by atoms with Gasteiger partial charge in [-0.25, -0.2) is 0 Å². The van der Waals surface area contributed by atoms with E-state index in [0.29, 0.717) is 5.56 Å². The summed E-state index contributed by atoms with van der Waals surface area (Å²) in [4.78, 5) is 4.54. The molecule has 0 saturated heterocycles. The number of furan rings is 1. The van der Waals surface area contributed by atoms with E-state index in [-0.39, 0.29) is 5.41 Å². The lowest BCUT2D eigenvalue weighted by atomic mass is 9.84. The van der Waals surface area contributed by atoms with E-state index in [1.54, 1.807) is 11.3 Å². The molecule has 0 amide bonds. The molecule has 3 heterocycles. The minimum Gasteiger partial charge on any atom is -0.455 e. The Morgan fingerprint density at radius 2 is 1.85 bits per heavy atom. The van der Waals surface area contributed by atoms with Crippen LogP contribution in [0.2, 0.25) is 0 Å². The molecule has 0 radical (unpaired) electrons. The van der Waals surface area contributed by atoms with E-state index in [0.717, 1.165) is 44.1 Å². The number of benzene rings is 2. The number of nitrogens with zero attached hydrogens (tertiary/aromatic N) is 1. The molecule has 2 nitrogen and oxygen atoms in total. The van der Waals surface area contributed by atoms with E-state index in [1.807, 2.05) is 39.0 Å². The van der Waals surface area contributed by atoms with Gasteiger partial charge < -0.3 is 4.42 Å². The normalized spacial score (nSPS) is 14.6. The van der Waals surface area contributed by atoms with E-state index in [4.69, 9.17) is 8.53 Å². The highest BCUT2D eigenvalue weighted by molar-refractivity contribution is 7.17. The zero-order valence-electron chi connectivity index (χ0n) is 18.5. The molecule has 27 heavy (non-hydrogen) atoms. The fourth-order valence-electron chi connectivity index (χ4n) is 3.73. The fourth-order valence-corrected chi connectivity index (χ4v) is 4.51. The third-order valence-electron chi connectivity index (χ3n) is 5.08. The summed E-state index contributed by atoms with van der Waals surface area (Å²) in [5.41, 5.74) is 4.00. The second-order valence-electron chi connectivity index (χ2n) is 7.92. The monoisotopic (exact) mass is 374 g/mol. The summed E-state index contributed by atoms with van der Waals surface area (Å²) < 4.78 is 31.3. The summed E-state index contributed by atoms with van der Waals surface area (Å²) in [5, 5.41) is 5.30. The highest BCUT2D eigenvalue weighted by Gasteiger charge is 2.20. The molecule has 0 N–H and O–H groups in total. The lowest BCUT2D eigenvalue weighted by Gasteiger charge is -2.22. The van der Waals surface area contributed by atoms with Gasteiger partial charge in [0.05, 0.1) is 5.69 Å². The molecule has 0 aliphatic rings. The van der Waals surface area contributed by atoms with Crippen molar-refractivity contribution in [1.82, 2.24) is 4.98 Å². The average molecular weight is 375 g/mol. The standard InChI is InChI=1S/C24H21NOS/c1-14-13-25-20(12-19(14)24(2,3)4)17-7-5-6-15-16-8-9-21-18(10-11-27-21)23(16)26-22(15)17/h5-13H,1-4H3/i1D3. The second kappa shape index (κ2) is 5.67. The maximum atomic E-state index is 7.91. The van der Waals surface area contributed by atoms with Crippen molar-refractivity contribution in [2.45, 2.75) is 33.0 Å². The van der Waals surface area contributed by atoms with Crippen molar-refractivity contribution >= 4 is 43.4 Å². The smallest absolute Gasteiger partial charge is 0.144 e. The van der Waals surface area contributed by atoms with Crippen LogP contribution in [0.15, 0.2) is 58.5 Å². The maximum Gasteiger partial charge on any atom is 0.144 e. The van der Waals surface area contributed by atoms with Crippen molar-refractivity contribution in [3.63, 3.8) is 0 Å². The van der Waals surface area contributed by atoms with Gasteiger partial charge in [-0.2, -0.15) is 0 Å². The molecular weight excluding hydrogens is 350 g/mol. The molecule has 0 spiro atoms. The number of aromatic nitrogens is 1. The number of thiophene rings is 1. The first kappa shape index (κ1) is 13.5. The van der Waals surface area contributed by atoms with Gasteiger partial charge in [0.2, 0.25) is 0 Å². The molecule has 134 valence electrons. The van der Waals surface area contributed by atoms with Crippen LogP contribution in [0.4, 0.5) is 0 Å². The lowest BCUT2D eigenvalue weighted by molar-refractivity contribution is 0.585. The van der Waals surface area contributed by atoms with Crippen LogP contribution >= 0.6 is 11.3 Å². The molecule has 5 aromatic rings. The molecule has 3 aromatic heterocycles. The van der Waals surface area contributed by atoms with Gasteiger partial charge in [-0.3, -0.25) is 4.98 Å². The Kier molecular flexibility index (Phi) is 2.84. The number of hydrogen-bond acceptors (Lipinski definition) is 3. The molecule has 0 aliphatic carbocycles. The second-order valence-corrected chi connectivity index (χ2v) is 8.87. The summed E-state index contributed by atoms with van der Waals surface area (Å²) in [6.45, 7) is 3.87. The number of rotatable bonds is 1. The molecule has 0 bridgehead atoms. The van der Waals surface area contributed by atoms with Crippen molar-refractivity contribution in [3.05, 3.63) is 65.2 Å². The molecule has 0 unspecified atom stereocenters. The van der Waals surface area contributed by atoms with Crippen LogP contribution in [-0.2, 0) is 5.41 Å². The van der Waals surface area contributed by atoms with Gasteiger partial charge in [-0.15, -0.1) is 11.3 Å². The summed E-state index contributed by atoms with van der Waals surface area (Å²) in [5.74, 6) is 0. The van der Waals surface area contributed by atoms with Crippen LogP contribution in [0.1, 0.15) is 36.0 Å². The minimum absolute atomic E-state index is 0.301. The van der Waals surface area contributed by atoms with Gasteiger partial charge >= 0.3 is 0 Å². The van der Waals surface area contributed by atoms with Crippen molar-refractivity contribution in [1.29, 1.82) is 0 Å². The predicted molar refractivity (Wildman–Crippen MR) is 116 cm³/mol.